The molecule has 5 nitrogen and oxygen atoms in total. The van der Waals surface area contributed by atoms with Crippen LogP contribution in [0.1, 0.15) is 30.5 Å². The van der Waals surface area contributed by atoms with E-state index in [9.17, 15) is 12.8 Å². The molecule has 1 aliphatic heterocycles. The second-order valence-electron chi connectivity index (χ2n) is 7.39. The van der Waals surface area contributed by atoms with Crippen LogP contribution in [-0.4, -0.2) is 30.8 Å². The van der Waals surface area contributed by atoms with Gasteiger partial charge in [-0.25, -0.2) is 17.8 Å². The maximum Gasteiger partial charge on any atom is 0.243 e. The van der Waals surface area contributed by atoms with Crippen LogP contribution >= 0.6 is 0 Å². The summed E-state index contributed by atoms with van der Waals surface area (Å²) in [5, 5.41) is 8.96. The van der Waals surface area contributed by atoms with Crippen molar-refractivity contribution < 1.29 is 12.8 Å². The average Bonchev–Trinajstić information content (AvgIpc) is 3.24. The minimum absolute atomic E-state index is 0.270. The summed E-state index contributed by atoms with van der Waals surface area (Å²) in [7, 11) is -3.52. The van der Waals surface area contributed by atoms with Gasteiger partial charge < -0.3 is 0 Å². The molecule has 2 heterocycles. The Morgan fingerprint density at radius 1 is 1.19 bits per heavy atom. The summed E-state index contributed by atoms with van der Waals surface area (Å²) >= 11 is 0. The Hall–Kier alpha value is -2.30. The number of hydrogen-bond acceptors (Lipinski definition) is 4. The van der Waals surface area contributed by atoms with Gasteiger partial charge in [-0.15, -0.1) is 0 Å². The number of fused-ring (bicyclic) bond motifs is 1. The summed E-state index contributed by atoms with van der Waals surface area (Å²) in [5.41, 5.74) is 1.58. The Labute approximate surface area is 158 Å². The fourth-order valence-corrected chi connectivity index (χ4v) is 5.93. The molecule has 2 unspecified atom stereocenters. The van der Waals surface area contributed by atoms with Crippen molar-refractivity contribution in [3.8, 4) is 17.3 Å². The first-order valence-corrected chi connectivity index (χ1v) is 10.5. The van der Waals surface area contributed by atoms with E-state index in [1.807, 2.05) is 0 Å². The van der Waals surface area contributed by atoms with Crippen LogP contribution in [0.3, 0.4) is 0 Å². The number of aromatic nitrogens is 1. The molecule has 0 spiro atoms. The molecule has 27 heavy (non-hydrogen) atoms. The van der Waals surface area contributed by atoms with Gasteiger partial charge in [0.2, 0.25) is 10.0 Å². The van der Waals surface area contributed by atoms with Crippen LogP contribution in [0.15, 0.2) is 35.2 Å². The Balaban J connectivity index is 1.65. The number of rotatable bonds is 3. The number of hydrogen-bond donors (Lipinski definition) is 0. The van der Waals surface area contributed by atoms with Gasteiger partial charge in [-0.05, 0) is 61.4 Å². The maximum atomic E-state index is 13.5. The monoisotopic (exact) mass is 385 g/mol. The van der Waals surface area contributed by atoms with Crippen molar-refractivity contribution in [2.75, 3.05) is 13.1 Å². The largest absolute Gasteiger partial charge is 0.243 e. The van der Waals surface area contributed by atoms with E-state index in [1.54, 1.807) is 35.5 Å². The number of pyridine rings is 1. The molecule has 0 N–H and O–H groups in total. The molecule has 4 rings (SSSR count). The Bertz CT molecular complexity index is 1030. The molecular formula is C20H20FN3O2S. The third-order valence-electron chi connectivity index (χ3n) is 5.76. The second-order valence-corrected chi connectivity index (χ2v) is 9.33. The van der Waals surface area contributed by atoms with Crippen molar-refractivity contribution in [2.45, 2.75) is 31.1 Å². The van der Waals surface area contributed by atoms with E-state index in [0.717, 1.165) is 18.4 Å². The van der Waals surface area contributed by atoms with Crippen LogP contribution in [0.2, 0.25) is 0 Å². The molecule has 0 radical (unpaired) electrons. The molecule has 1 saturated heterocycles. The van der Waals surface area contributed by atoms with Crippen molar-refractivity contribution >= 4 is 10.0 Å². The van der Waals surface area contributed by atoms with Crippen LogP contribution in [0, 0.1) is 35.9 Å². The van der Waals surface area contributed by atoms with Gasteiger partial charge in [-0.1, -0.05) is 12.5 Å². The van der Waals surface area contributed by atoms with E-state index in [-0.39, 0.29) is 10.6 Å². The van der Waals surface area contributed by atoms with Gasteiger partial charge in [-0.3, -0.25) is 0 Å². The summed E-state index contributed by atoms with van der Waals surface area (Å²) in [5.74, 6) is 0.318. The number of sulfonamides is 1. The molecule has 140 valence electrons. The first kappa shape index (κ1) is 18.1. The summed E-state index contributed by atoms with van der Waals surface area (Å²) in [6.45, 7) is 3.02. The molecule has 2 aromatic rings. The lowest BCUT2D eigenvalue weighted by Crippen LogP contribution is -2.29. The summed E-state index contributed by atoms with van der Waals surface area (Å²) in [4.78, 5) is 4.30. The molecule has 1 aliphatic carbocycles. The number of benzene rings is 1. The molecule has 0 bridgehead atoms. The van der Waals surface area contributed by atoms with E-state index in [2.05, 4.69) is 4.98 Å². The number of aryl methyl sites for hydroxylation is 1. The first-order valence-electron chi connectivity index (χ1n) is 9.08. The van der Waals surface area contributed by atoms with E-state index >= 15 is 0 Å². The highest BCUT2D eigenvalue weighted by Gasteiger charge is 2.41. The van der Waals surface area contributed by atoms with Gasteiger partial charge in [-0.2, -0.15) is 9.57 Å². The second kappa shape index (κ2) is 6.70. The Morgan fingerprint density at radius 3 is 2.52 bits per heavy atom. The predicted octanol–water partition coefficient (Wildman–Crippen LogP) is 3.49. The highest BCUT2D eigenvalue weighted by molar-refractivity contribution is 7.89. The number of nitrogens with zero attached hydrogens (tertiary/aromatic N) is 3. The third-order valence-corrected chi connectivity index (χ3v) is 7.58. The van der Waals surface area contributed by atoms with Gasteiger partial charge >= 0.3 is 0 Å². The van der Waals surface area contributed by atoms with E-state index in [0.29, 0.717) is 36.2 Å². The molecule has 0 amide bonds. The molecule has 1 aromatic heterocycles. The van der Waals surface area contributed by atoms with Crippen LogP contribution < -0.4 is 0 Å². The summed E-state index contributed by atoms with van der Waals surface area (Å²) in [6, 6.07) is 9.31. The molecule has 1 aromatic carbocycles. The fraction of sp³-hybridized carbons (Fsp3) is 0.400. The topological polar surface area (TPSA) is 74.1 Å². The lowest BCUT2D eigenvalue weighted by molar-refractivity contribution is 0.445. The molecule has 2 atom stereocenters. The fourth-order valence-electron chi connectivity index (χ4n) is 4.29. The van der Waals surface area contributed by atoms with Gasteiger partial charge in [0.05, 0.1) is 10.6 Å². The van der Waals surface area contributed by atoms with Gasteiger partial charge in [0.25, 0.3) is 0 Å². The van der Waals surface area contributed by atoms with Crippen LogP contribution in [0.4, 0.5) is 4.39 Å². The van der Waals surface area contributed by atoms with E-state index < -0.39 is 15.8 Å². The van der Waals surface area contributed by atoms with Gasteiger partial charge in [0.15, 0.2) is 11.5 Å². The lowest BCUT2D eigenvalue weighted by Gasteiger charge is -2.18. The Morgan fingerprint density at radius 2 is 1.89 bits per heavy atom. The highest BCUT2D eigenvalue weighted by Crippen LogP contribution is 2.40. The first-order chi connectivity index (χ1) is 12.9. The van der Waals surface area contributed by atoms with Crippen LogP contribution in [-0.2, 0) is 10.0 Å². The van der Waals surface area contributed by atoms with Crippen molar-refractivity contribution in [3.63, 3.8) is 0 Å². The highest BCUT2D eigenvalue weighted by atomic mass is 32.2. The van der Waals surface area contributed by atoms with Crippen molar-refractivity contribution in [3.05, 3.63) is 47.4 Å². The zero-order valence-electron chi connectivity index (χ0n) is 15.0. The minimum atomic E-state index is -3.52. The summed E-state index contributed by atoms with van der Waals surface area (Å²) < 4.78 is 41.2. The van der Waals surface area contributed by atoms with Crippen LogP contribution in [0.25, 0.3) is 11.3 Å². The molecule has 1 saturated carbocycles. The maximum absolute atomic E-state index is 13.5. The smallest absolute Gasteiger partial charge is 0.234 e. The lowest BCUT2D eigenvalue weighted by atomic mass is 10.0. The SMILES string of the molecule is Cc1cc(S(=O)(=O)N2CC3CCCC3C2)ccc1-c1ccc(F)c(C#N)n1. The van der Waals surface area contributed by atoms with E-state index in [4.69, 9.17) is 5.26 Å². The zero-order valence-corrected chi connectivity index (χ0v) is 15.8. The molecule has 2 fully saturated rings. The quantitative estimate of drug-likeness (QED) is 0.811. The average molecular weight is 385 g/mol. The number of nitriles is 1. The van der Waals surface area contributed by atoms with Crippen molar-refractivity contribution in [1.29, 1.82) is 5.26 Å². The van der Waals surface area contributed by atoms with Crippen molar-refractivity contribution in [2.24, 2.45) is 11.8 Å². The third kappa shape index (κ3) is 3.13. The van der Waals surface area contributed by atoms with Gasteiger partial charge in [0.1, 0.15) is 6.07 Å². The van der Waals surface area contributed by atoms with Gasteiger partial charge in [0, 0.05) is 18.7 Å². The number of halogens is 1. The Kier molecular flexibility index (Phi) is 4.49. The van der Waals surface area contributed by atoms with Crippen LogP contribution in [0.5, 0.6) is 0 Å². The predicted molar refractivity (Wildman–Crippen MR) is 98.7 cm³/mol. The standard InChI is InChI=1S/C20H20FN3O2S/c1-13-9-16(27(25,26)24-11-14-3-2-4-15(14)12-24)5-6-17(13)19-8-7-18(21)20(10-22)23-19/h5-9,14-15H,2-4,11-12H2,1H3. The molecule has 7 heteroatoms. The van der Waals surface area contributed by atoms with E-state index in [1.165, 1.54) is 18.6 Å². The van der Waals surface area contributed by atoms with Crippen molar-refractivity contribution in [1.82, 2.24) is 9.29 Å². The molecule has 2 aliphatic rings. The normalized spacial score (nSPS) is 22.6. The minimum Gasteiger partial charge on any atom is -0.234 e. The molecular weight excluding hydrogens is 365 g/mol. The zero-order chi connectivity index (χ0) is 19.2. The summed E-state index contributed by atoms with van der Waals surface area (Å²) in [6.07, 6.45) is 3.44.